The Bertz CT molecular complexity index is 664. The van der Waals surface area contributed by atoms with Gasteiger partial charge in [-0.2, -0.15) is 0 Å². The van der Waals surface area contributed by atoms with Gasteiger partial charge in [0.05, 0.1) is 6.10 Å². The van der Waals surface area contributed by atoms with Gasteiger partial charge in [-0.25, -0.2) is 0 Å². The molecule has 0 bridgehead atoms. The van der Waals surface area contributed by atoms with Crippen molar-refractivity contribution in [2.75, 3.05) is 20.1 Å². The minimum atomic E-state index is -0.599. The first-order chi connectivity index (χ1) is 14.6. The summed E-state index contributed by atoms with van der Waals surface area (Å²) in [5, 5.41) is 14.5. The molecule has 0 rings (SSSR count). The third-order valence-corrected chi connectivity index (χ3v) is 7.93. The predicted molar refractivity (Wildman–Crippen MR) is 141 cm³/mol. The van der Waals surface area contributed by atoms with Crippen molar-refractivity contribution >= 4 is 11.6 Å². The zero-order valence-corrected chi connectivity index (χ0v) is 24.4. The van der Waals surface area contributed by atoms with Gasteiger partial charge >= 0.3 is 0 Å². The molecule has 0 aromatic heterocycles. The predicted octanol–water partition coefficient (Wildman–Crippen LogP) is 5.49. The number of carbonyl (C=O) groups is 2. The average molecular weight is 469 g/mol. The second kappa shape index (κ2) is 11.3. The summed E-state index contributed by atoms with van der Waals surface area (Å²) in [6.07, 6.45) is 1.73. The van der Waals surface area contributed by atoms with Gasteiger partial charge in [0.1, 0.15) is 11.6 Å². The molecule has 0 saturated heterocycles. The van der Waals surface area contributed by atoms with Crippen LogP contribution >= 0.6 is 0 Å². The monoisotopic (exact) mass is 468 g/mol. The van der Waals surface area contributed by atoms with E-state index in [1.807, 2.05) is 34.7 Å². The van der Waals surface area contributed by atoms with Crippen molar-refractivity contribution in [3.8, 4) is 0 Å². The SMILES string of the molecule is CCC(C)(CC(C)(C)N(CC(C)(C)C(C)=O)C(C(C)O)C(C)(C)CC(C)(C)CNC)C(C)=O. The Balaban J connectivity index is 6.68. The summed E-state index contributed by atoms with van der Waals surface area (Å²) < 4.78 is 0. The van der Waals surface area contributed by atoms with Crippen LogP contribution in [0.4, 0.5) is 0 Å². The Morgan fingerprint density at radius 2 is 1.39 bits per heavy atom. The van der Waals surface area contributed by atoms with Gasteiger partial charge in [-0.3, -0.25) is 14.5 Å². The van der Waals surface area contributed by atoms with E-state index >= 15 is 0 Å². The maximum Gasteiger partial charge on any atom is 0.136 e. The third kappa shape index (κ3) is 8.74. The number of ketones is 2. The Kier molecular flexibility index (Phi) is 11.0. The summed E-state index contributed by atoms with van der Waals surface area (Å²) in [6, 6.07) is -0.185. The van der Waals surface area contributed by atoms with Gasteiger partial charge < -0.3 is 10.4 Å². The first-order valence-electron chi connectivity index (χ1n) is 12.7. The summed E-state index contributed by atoms with van der Waals surface area (Å²) in [7, 11) is 1.97. The highest BCUT2D eigenvalue weighted by Crippen LogP contribution is 2.45. The van der Waals surface area contributed by atoms with Crippen LogP contribution in [0.2, 0.25) is 0 Å². The molecule has 0 aromatic rings. The first-order valence-corrected chi connectivity index (χ1v) is 12.7. The summed E-state index contributed by atoms with van der Waals surface area (Å²) >= 11 is 0. The molecule has 0 amide bonds. The Labute approximate surface area is 205 Å². The molecule has 0 aliphatic rings. The van der Waals surface area contributed by atoms with Gasteiger partial charge in [-0.15, -0.1) is 0 Å². The fourth-order valence-corrected chi connectivity index (χ4v) is 6.00. The summed E-state index contributed by atoms with van der Waals surface area (Å²) in [4.78, 5) is 27.6. The van der Waals surface area contributed by atoms with Crippen LogP contribution in [-0.4, -0.2) is 59.4 Å². The maximum absolute atomic E-state index is 12.6. The second-order valence-corrected chi connectivity index (χ2v) is 13.6. The quantitative estimate of drug-likeness (QED) is 0.333. The number of Topliss-reactive ketones (excluding diaryl/α,β-unsaturated/α-hetero) is 2. The number of nitrogens with zero attached hydrogens (tertiary/aromatic N) is 1. The standard InChI is InChI=1S/C28H56N2O3/c1-15-28(13,22(4)33)17-27(11,12)30(19-26(9,10)21(3)32)23(20(2)31)25(7,8)16-24(5,6)18-29-14/h20,23,29,31H,15-19H2,1-14H3. The zero-order valence-electron chi connectivity index (χ0n) is 24.4. The molecule has 0 heterocycles. The number of hydrogen-bond donors (Lipinski definition) is 2. The van der Waals surface area contributed by atoms with Gasteiger partial charge in [0, 0.05) is 29.0 Å². The fraction of sp³-hybridized carbons (Fsp3) is 0.929. The van der Waals surface area contributed by atoms with Crippen molar-refractivity contribution in [2.24, 2.45) is 21.7 Å². The zero-order chi connectivity index (χ0) is 26.6. The van der Waals surface area contributed by atoms with E-state index in [0.717, 1.165) is 19.4 Å². The number of carbonyl (C=O) groups excluding carboxylic acids is 2. The van der Waals surface area contributed by atoms with Gasteiger partial charge in [-0.1, -0.05) is 55.4 Å². The molecule has 0 radical (unpaired) electrons. The molecule has 0 fully saturated rings. The van der Waals surface area contributed by atoms with Gasteiger partial charge in [0.25, 0.3) is 0 Å². The van der Waals surface area contributed by atoms with Gasteiger partial charge in [0.15, 0.2) is 0 Å². The van der Waals surface area contributed by atoms with E-state index in [-0.39, 0.29) is 28.4 Å². The Morgan fingerprint density at radius 3 is 1.73 bits per heavy atom. The molecule has 33 heavy (non-hydrogen) atoms. The normalized spacial score (nSPS) is 17.6. The lowest BCUT2D eigenvalue weighted by Crippen LogP contribution is -2.63. The number of rotatable bonds is 15. The van der Waals surface area contributed by atoms with Crippen molar-refractivity contribution in [3.05, 3.63) is 0 Å². The smallest absolute Gasteiger partial charge is 0.136 e. The topological polar surface area (TPSA) is 69.6 Å². The maximum atomic E-state index is 12.6. The lowest BCUT2D eigenvalue weighted by atomic mass is 9.66. The molecule has 2 N–H and O–H groups in total. The molecule has 5 heteroatoms. The molecule has 196 valence electrons. The van der Waals surface area contributed by atoms with Crippen molar-refractivity contribution in [1.82, 2.24) is 10.2 Å². The average Bonchev–Trinajstić information content (AvgIpc) is 2.58. The minimum Gasteiger partial charge on any atom is -0.392 e. The molecule has 3 unspecified atom stereocenters. The number of nitrogens with one attached hydrogen (secondary N) is 1. The largest absolute Gasteiger partial charge is 0.392 e. The lowest BCUT2D eigenvalue weighted by Gasteiger charge is -2.55. The van der Waals surface area contributed by atoms with E-state index in [9.17, 15) is 14.7 Å². The van der Waals surface area contributed by atoms with Crippen LogP contribution in [0, 0.1) is 21.7 Å². The van der Waals surface area contributed by atoms with E-state index in [2.05, 4.69) is 58.7 Å². The molecule has 0 saturated carbocycles. The van der Waals surface area contributed by atoms with Crippen LogP contribution in [-0.2, 0) is 9.59 Å². The molecule has 0 aliphatic heterocycles. The first kappa shape index (κ1) is 32.2. The lowest BCUT2D eigenvalue weighted by molar-refractivity contribution is -0.137. The van der Waals surface area contributed by atoms with E-state index in [1.165, 1.54) is 0 Å². The van der Waals surface area contributed by atoms with Crippen LogP contribution < -0.4 is 5.32 Å². The molecule has 3 atom stereocenters. The van der Waals surface area contributed by atoms with E-state index in [0.29, 0.717) is 13.0 Å². The van der Waals surface area contributed by atoms with Crippen molar-refractivity contribution < 1.29 is 14.7 Å². The van der Waals surface area contributed by atoms with Gasteiger partial charge in [-0.05, 0) is 78.3 Å². The fourth-order valence-electron chi connectivity index (χ4n) is 6.00. The third-order valence-electron chi connectivity index (χ3n) is 7.93. The number of aliphatic hydroxyl groups excluding tert-OH is 1. The van der Waals surface area contributed by atoms with E-state index in [4.69, 9.17) is 0 Å². The second-order valence-electron chi connectivity index (χ2n) is 13.6. The van der Waals surface area contributed by atoms with Crippen LogP contribution in [0.5, 0.6) is 0 Å². The highest BCUT2D eigenvalue weighted by Gasteiger charge is 2.49. The molecule has 5 nitrogen and oxygen atoms in total. The van der Waals surface area contributed by atoms with Crippen LogP contribution in [0.15, 0.2) is 0 Å². The molecular weight excluding hydrogens is 412 g/mol. The summed E-state index contributed by atoms with van der Waals surface area (Å²) in [5.41, 5.74) is -1.64. The Morgan fingerprint density at radius 1 is 0.909 bits per heavy atom. The summed E-state index contributed by atoms with van der Waals surface area (Å²) in [5.74, 6) is 0.317. The molecule has 0 aliphatic carbocycles. The molecular formula is C28H56N2O3. The minimum absolute atomic E-state index is 0.0363. The molecule has 0 aromatic carbocycles. The van der Waals surface area contributed by atoms with Crippen molar-refractivity contribution in [2.45, 2.75) is 127 Å². The van der Waals surface area contributed by atoms with E-state index < -0.39 is 22.5 Å². The van der Waals surface area contributed by atoms with Gasteiger partial charge in [0.2, 0.25) is 0 Å². The number of hydrogen-bond acceptors (Lipinski definition) is 5. The van der Waals surface area contributed by atoms with Crippen LogP contribution in [0.3, 0.4) is 0 Å². The highest BCUT2D eigenvalue weighted by molar-refractivity contribution is 5.82. The molecule has 0 spiro atoms. The highest BCUT2D eigenvalue weighted by atomic mass is 16.3. The van der Waals surface area contributed by atoms with Crippen molar-refractivity contribution in [3.63, 3.8) is 0 Å². The van der Waals surface area contributed by atoms with Crippen LogP contribution in [0.25, 0.3) is 0 Å². The van der Waals surface area contributed by atoms with E-state index in [1.54, 1.807) is 13.8 Å². The summed E-state index contributed by atoms with van der Waals surface area (Å²) in [6.45, 7) is 28.0. The Hall–Kier alpha value is -0.780. The van der Waals surface area contributed by atoms with Crippen LogP contribution in [0.1, 0.15) is 109 Å². The number of aliphatic hydroxyl groups is 1. The van der Waals surface area contributed by atoms with Crippen molar-refractivity contribution in [1.29, 1.82) is 0 Å².